The summed E-state index contributed by atoms with van der Waals surface area (Å²) < 4.78 is 22.3. The third kappa shape index (κ3) is 4.94. The van der Waals surface area contributed by atoms with Gasteiger partial charge in [0.1, 0.15) is 0 Å². The number of nitrogens with one attached hydrogen (secondary N) is 1. The first-order chi connectivity index (χ1) is 10.4. The highest BCUT2D eigenvalue weighted by Gasteiger charge is 2.07. The van der Waals surface area contributed by atoms with Crippen LogP contribution in [0.1, 0.15) is 17.5 Å². The Morgan fingerprint density at radius 2 is 1.68 bits per heavy atom. The summed E-state index contributed by atoms with van der Waals surface area (Å²) in [6.45, 7) is 0.464. The summed E-state index contributed by atoms with van der Waals surface area (Å²) in [5.74, 6) is -0.0627. The van der Waals surface area contributed by atoms with Crippen LogP contribution in [0.5, 0.6) is 0 Å². The molecule has 0 aliphatic rings. The summed E-state index contributed by atoms with van der Waals surface area (Å²) in [6.07, 6.45) is 4.22. The average molecular weight is 319 g/mol. The standard InChI is InChI=1S/C15H17N3O3S/c16-22(20,21)14-4-1-12(2-5-14)3-6-15(19)18-11-13-7-9-17-10-8-13/h1-2,4-5,7-10H,3,6,11H2,(H,18,19)(H2,16,20,21). The van der Waals surface area contributed by atoms with E-state index in [1.165, 1.54) is 12.1 Å². The quantitative estimate of drug-likeness (QED) is 0.828. The normalized spacial score (nSPS) is 11.1. The van der Waals surface area contributed by atoms with Gasteiger partial charge < -0.3 is 5.32 Å². The van der Waals surface area contributed by atoms with Gasteiger partial charge in [0.05, 0.1) is 4.90 Å². The van der Waals surface area contributed by atoms with Gasteiger partial charge in [0.25, 0.3) is 0 Å². The number of carbonyl (C=O) groups is 1. The monoisotopic (exact) mass is 319 g/mol. The molecular formula is C15H17N3O3S. The fourth-order valence-electron chi connectivity index (χ4n) is 1.89. The van der Waals surface area contributed by atoms with Crippen molar-refractivity contribution in [2.45, 2.75) is 24.3 Å². The van der Waals surface area contributed by atoms with Gasteiger partial charge in [0.2, 0.25) is 15.9 Å². The number of nitrogens with two attached hydrogens (primary N) is 1. The molecule has 0 saturated carbocycles. The van der Waals surface area contributed by atoms with E-state index in [1.54, 1.807) is 24.5 Å². The Balaban J connectivity index is 1.81. The summed E-state index contributed by atoms with van der Waals surface area (Å²) >= 11 is 0. The van der Waals surface area contributed by atoms with Gasteiger partial charge in [-0.2, -0.15) is 0 Å². The number of sulfonamides is 1. The van der Waals surface area contributed by atoms with Crippen LogP contribution in [0.15, 0.2) is 53.7 Å². The van der Waals surface area contributed by atoms with E-state index in [9.17, 15) is 13.2 Å². The molecular weight excluding hydrogens is 302 g/mol. The Hall–Kier alpha value is -2.25. The van der Waals surface area contributed by atoms with E-state index in [-0.39, 0.29) is 10.8 Å². The van der Waals surface area contributed by atoms with Gasteiger partial charge in [-0.1, -0.05) is 12.1 Å². The Labute approximate surface area is 129 Å². The minimum Gasteiger partial charge on any atom is -0.352 e. The third-order valence-corrected chi connectivity index (χ3v) is 4.06. The van der Waals surface area contributed by atoms with Gasteiger partial charge in [-0.25, -0.2) is 13.6 Å². The molecule has 2 aromatic rings. The zero-order valence-electron chi connectivity index (χ0n) is 11.9. The molecule has 2 rings (SSSR count). The Bertz CT molecular complexity index is 728. The number of rotatable bonds is 6. The van der Waals surface area contributed by atoms with E-state index >= 15 is 0 Å². The maximum absolute atomic E-state index is 11.8. The Kier molecular flexibility index (Phi) is 5.24. The van der Waals surface area contributed by atoms with Gasteiger partial charge in [0, 0.05) is 25.4 Å². The highest BCUT2D eigenvalue weighted by Crippen LogP contribution is 2.10. The van der Waals surface area contributed by atoms with Crippen LogP contribution in [0, 0.1) is 0 Å². The van der Waals surface area contributed by atoms with Crippen molar-refractivity contribution in [1.82, 2.24) is 10.3 Å². The molecule has 3 N–H and O–H groups in total. The predicted octanol–water partition coefficient (Wildman–Crippen LogP) is 0.978. The second kappa shape index (κ2) is 7.15. The first-order valence-corrected chi connectivity index (χ1v) is 8.27. The maximum atomic E-state index is 11.8. The largest absolute Gasteiger partial charge is 0.352 e. The lowest BCUT2D eigenvalue weighted by Crippen LogP contribution is -2.23. The molecule has 0 unspecified atom stereocenters. The average Bonchev–Trinajstić information content (AvgIpc) is 2.51. The predicted molar refractivity (Wildman–Crippen MR) is 82.2 cm³/mol. The number of hydrogen-bond acceptors (Lipinski definition) is 4. The highest BCUT2D eigenvalue weighted by atomic mass is 32.2. The van der Waals surface area contributed by atoms with Crippen molar-refractivity contribution in [2.24, 2.45) is 5.14 Å². The van der Waals surface area contributed by atoms with Crippen LogP contribution in [-0.4, -0.2) is 19.3 Å². The van der Waals surface area contributed by atoms with Crippen molar-refractivity contribution in [1.29, 1.82) is 0 Å². The van der Waals surface area contributed by atoms with E-state index in [4.69, 9.17) is 5.14 Å². The summed E-state index contributed by atoms with van der Waals surface area (Å²) in [6, 6.07) is 9.89. The minimum absolute atomic E-state index is 0.0627. The molecule has 0 aliphatic heterocycles. The Morgan fingerprint density at radius 3 is 2.27 bits per heavy atom. The number of amides is 1. The number of aromatic nitrogens is 1. The third-order valence-electron chi connectivity index (χ3n) is 3.13. The maximum Gasteiger partial charge on any atom is 0.238 e. The summed E-state index contributed by atoms with van der Waals surface area (Å²) in [5, 5.41) is 7.85. The van der Waals surface area contributed by atoms with E-state index in [0.717, 1.165) is 11.1 Å². The molecule has 0 fully saturated rings. The van der Waals surface area contributed by atoms with Crippen molar-refractivity contribution in [3.63, 3.8) is 0 Å². The second-order valence-electron chi connectivity index (χ2n) is 4.82. The Morgan fingerprint density at radius 1 is 1.05 bits per heavy atom. The molecule has 1 heterocycles. The number of pyridine rings is 1. The highest BCUT2D eigenvalue weighted by molar-refractivity contribution is 7.89. The summed E-state index contributed by atoms with van der Waals surface area (Å²) in [7, 11) is -3.67. The van der Waals surface area contributed by atoms with Crippen LogP contribution in [0.4, 0.5) is 0 Å². The minimum atomic E-state index is -3.67. The number of nitrogens with zero attached hydrogens (tertiary/aromatic N) is 1. The van der Waals surface area contributed by atoms with Crippen LogP contribution in [0.25, 0.3) is 0 Å². The fourth-order valence-corrected chi connectivity index (χ4v) is 2.41. The van der Waals surface area contributed by atoms with Crippen molar-refractivity contribution >= 4 is 15.9 Å². The summed E-state index contributed by atoms with van der Waals surface area (Å²) in [5.41, 5.74) is 1.87. The molecule has 0 aliphatic carbocycles. The molecule has 0 radical (unpaired) electrons. The van der Waals surface area contributed by atoms with Crippen LogP contribution < -0.4 is 10.5 Å². The van der Waals surface area contributed by atoms with E-state index < -0.39 is 10.0 Å². The lowest BCUT2D eigenvalue weighted by Gasteiger charge is -2.06. The van der Waals surface area contributed by atoms with Gasteiger partial charge >= 0.3 is 0 Å². The SMILES string of the molecule is NS(=O)(=O)c1ccc(CCC(=O)NCc2ccncc2)cc1. The lowest BCUT2D eigenvalue weighted by atomic mass is 10.1. The van der Waals surface area contributed by atoms with E-state index in [2.05, 4.69) is 10.3 Å². The molecule has 22 heavy (non-hydrogen) atoms. The van der Waals surface area contributed by atoms with Gasteiger partial charge in [0.15, 0.2) is 0 Å². The number of hydrogen-bond donors (Lipinski definition) is 2. The molecule has 0 spiro atoms. The molecule has 116 valence electrons. The molecule has 6 nitrogen and oxygen atoms in total. The molecule has 1 aromatic carbocycles. The second-order valence-corrected chi connectivity index (χ2v) is 6.38. The molecule has 1 aromatic heterocycles. The van der Waals surface area contributed by atoms with Gasteiger partial charge in [-0.15, -0.1) is 0 Å². The zero-order valence-corrected chi connectivity index (χ0v) is 12.7. The van der Waals surface area contributed by atoms with Crippen molar-refractivity contribution in [3.05, 3.63) is 59.9 Å². The first-order valence-electron chi connectivity index (χ1n) is 6.72. The van der Waals surface area contributed by atoms with Crippen molar-refractivity contribution in [3.8, 4) is 0 Å². The van der Waals surface area contributed by atoms with Crippen molar-refractivity contribution < 1.29 is 13.2 Å². The van der Waals surface area contributed by atoms with Crippen LogP contribution in [-0.2, 0) is 27.8 Å². The van der Waals surface area contributed by atoms with Crippen molar-refractivity contribution in [2.75, 3.05) is 0 Å². The van der Waals surface area contributed by atoms with Gasteiger partial charge in [-0.05, 0) is 41.8 Å². The molecule has 1 amide bonds. The number of benzene rings is 1. The topological polar surface area (TPSA) is 102 Å². The van der Waals surface area contributed by atoms with Crippen LogP contribution >= 0.6 is 0 Å². The van der Waals surface area contributed by atoms with Crippen LogP contribution in [0.2, 0.25) is 0 Å². The number of carbonyl (C=O) groups excluding carboxylic acids is 1. The van der Waals surface area contributed by atoms with Crippen LogP contribution in [0.3, 0.4) is 0 Å². The molecule has 0 atom stereocenters. The molecule has 0 bridgehead atoms. The number of primary sulfonamides is 1. The molecule has 7 heteroatoms. The van der Waals surface area contributed by atoms with E-state index in [1.807, 2.05) is 12.1 Å². The lowest BCUT2D eigenvalue weighted by molar-refractivity contribution is -0.121. The molecule has 0 saturated heterocycles. The van der Waals surface area contributed by atoms with Gasteiger partial charge in [-0.3, -0.25) is 9.78 Å². The fraction of sp³-hybridized carbons (Fsp3) is 0.200. The first kappa shape index (κ1) is 16.1. The summed E-state index contributed by atoms with van der Waals surface area (Å²) in [4.78, 5) is 15.7. The number of aryl methyl sites for hydroxylation is 1. The van der Waals surface area contributed by atoms with E-state index in [0.29, 0.717) is 19.4 Å². The zero-order chi connectivity index (χ0) is 16.0. The smallest absolute Gasteiger partial charge is 0.238 e.